The minimum absolute atomic E-state index is 0. The second-order valence-electron chi connectivity index (χ2n) is 7.00. The van der Waals surface area contributed by atoms with Crippen LogP contribution in [0.3, 0.4) is 0 Å². The summed E-state index contributed by atoms with van der Waals surface area (Å²) in [5.74, 6) is 1.47. The van der Waals surface area contributed by atoms with Gasteiger partial charge in [-0.15, -0.1) is 12.4 Å². The number of halogens is 1. The summed E-state index contributed by atoms with van der Waals surface area (Å²) in [5, 5.41) is 3.34. The normalized spacial score (nSPS) is 19.5. The number of para-hydroxylation sites is 1. The molecule has 2 amide bonds. The molecule has 2 aliphatic heterocycles. The number of hydrogen-bond acceptors (Lipinski definition) is 4. The lowest BCUT2D eigenvalue weighted by molar-refractivity contribution is -0.132. The van der Waals surface area contributed by atoms with Crippen LogP contribution in [-0.2, 0) is 4.79 Å². The Hall–Kier alpha value is -1.79. The molecule has 7 heteroatoms. The summed E-state index contributed by atoms with van der Waals surface area (Å²) in [6, 6.07) is 7.36. The van der Waals surface area contributed by atoms with Crippen molar-refractivity contribution >= 4 is 24.2 Å². The van der Waals surface area contributed by atoms with Crippen LogP contribution >= 0.6 is 12.4 Å². The van der Waals surface area contributed by atoms with E-state index in [0.717, 1.165) is 19.5 Å². The van der Waals surface area contributed by atoms with E-state index in [0.29, 0.717) is 56.4 Å². The number of piperazine rings is 1. The second-order valence-corrected chi connectivity index (χ2v) is 7.00. The number of amides is 2. The maximum absolute atomic E-state index is 12.8. The molecular weight excluding hydrogens is 366 g/mol. The van der Waals surface area contributed by atoms with Crippen molar-refractivity contribution < 1.29 is 14.3 Å². The van der Waals surface area contributed by atoms with Crippen LogP contribution in [0.4, 0.5) is 0 Å². The summed E-state index contributed by atoms with van der Waals surface area (Å²) >= 11 is 0. The van der Waals surface area contributed by atoms with Gasteiger partial charge in [-0.2, -0.15) is 0 Å². The van der Waals surface area contributed by atoms with Crippen molar-refractivity contribution in [1.29, 1.82) is 0 Å². The van der Waals surface area contributed by atoms with Crippen molar-refractivity contribution in [3.05, 3.63) is 29.8 Å². The zero-order valence-electron chi connectivity index (χ0n) is 16.0. The number of carbonyl (C=O) groups is 2. The van der Waals surface area contributed by atoms with Crippen molar-refractivity contribution in [3.63, 3.8) is 0 Å². The monoisotopic (exact) mass is 395 g/mol. The molecule has 2 saturated heterocycles. The van der Waals surface area contributed by atoms with Crippen LogP contribution in [0.15, 0.2) is 24.3 Å². The van der Waals surface area contributed by atoms with Gasteiger partial charge in [0.05, 0.1) is 12.2 Å². The quantitative estimate of drug-likeness (QED) is 0.802. The predicted octanol–water partition coefficient (Wildman–Crippen LogP) is 2.18. The van der Waals surface area contributed by atoms with Gasteiger partial charge in [0.2, 0.25) is 5.91 Å². The highest BCUT2D eigenvalue weighted by Crippen LogP contribution is 2.21. The van der Waals surface area contributed by atoms with E-state index in [1.165, 1.54) is 6.42 Å². The Morgan fingerprint density at radius 2 is 1.85 bits per heavy atom. The Kier molecular flexibility index (Phi) is 8.38. The first-order valence-electron chi connectivity index (χ1n) is 9.68. The lowest BCUT2D eigenvalue weighted by atomic mass is 10.0. The van der Waals surface area contributed by atoms with Gasteiger partial charge in [-0.1, -0.05) is 12.1 Å². The molecule has 0 radical (unpaired) electrons. The van der Waals surface area contributed by atoms with Gasteiger partial charge >= 0.3 is 0 Å². The fourth-order valence-electron chi connectivity index (χ4n) is 3.70. The van der Waals surface area contributed by atoms with Crippen molar-refractivity contribution in [3.8, 4) is 5.75 Å². The number of carbonyl (C=O) groups excluding carboxylic acids is 2. The topological polar surface area (TPSA) is 61.9 Å². The second kappa shape index (κ2) is 10.5. The van der Waals surface area contributed by atoms with Gasteiger partial charge in [0, 0.05) is 32.6 Å². The Labute approximate surface area is 167 Å². The molecule has 2 aliphatic rings. The standard InChI is InChI=1S/C20H29N3O3.ClH/c1-2-26-18-6-4-3-5-17(18)20(25)23-13-11-22(12-14-23)19(24)8-7-16-9-10-21-15-16;/h3-6,16,21H,2,7-15H2,1H3;1H. The third-order valence-corrected chi connectivity index (χ3v) is 5.27. The van der Waals surface area contributed by atoms with E-state index in [2.05, 4.69) is 5.32 Å². The number of rotatable bonds is 6. The number of nitrogens with zero attached hydrogens (tertiary/aromatic N) is 2. The van der Waals surface area contributed by atoms with Crippen LogP contribution in [0.5, 0.6) is 5.75 Å². The summed E-state index contributed by atoms with van der Waals surface area (Å²) in [6.45, 7) is 6.94. The molecule has 2 fully saturated rings. The highest BCUT2D eigenvalue weighted by molar-refractivity contribution is 5.97. The van der Waals surface area contributed by atoms with Crippen LogP contribution in [0, 0.1) is 5.92 Å². The molecule has 27 heavy (non-hydrogen) atoms. The molecule has 0 spiro atoms. The molecule has 0 bridgehead atoms. The van der Waals surface area contributed by atoms with E-state index in [1.807, 2.05) is 34.9 Å². The predicted molar refractivity (Wildman–Crippen MR) is 108 cm³/mol. The summed E-state index contributed by atoms with van der Waals surface area (Å²) in [6.07, 6.45) is 2.76. The first kappa shape index (κ1) is 21.5. The summed E-state index contributed by atoms with van der Waals surface area (Å²) < 4.78 is 5.57. The van der Waals surface area contributed by atoms with E-state index in [4.69, 9.17) is 4.74 Å². The van der Waals surface area contributed by atoms with Gasteiger partial charge in [-0.3, -0.25) is 9.59 Å². The molecular formula is C20H30ClN3O3. The summed E-state index contributed by atoms with van der Waals surface area (Å²) in [7, 11) is 0. The van der Waals surface area contributed by atoms with Crippen LogP contribution in [0.1, 0.15) is 36.5 Å². The zero-order valence-corrected chi connectivity index (χ0v) is 16.8. The average Bonchev–Trinajstić information content (AvgIpc) is 3.20. The molecule has 6 nitrogen and oxygen atoms in total. The minimum Gasteiger partial charge on any atom is -0.493 e. The Balaban J connectivity index is 0.00000261. The van der Waals surface area contributed by atoms with Crippen LogP contribution in [0.25, 0.3) is 0 Å². The lowest BCUT2D eigenvalue weighted by Gasteiger charge is -2.35. The van der Waals surface area contributed by atoms with Gasteiger partial charge in [-0.05, 0) is 50.9 Å². The van der Waals surface area contributed by atoms with Crippen molar-refractivity contribution in [2.75, 3.05) is 45.9 Å². The Morgan fingerprint density at radius 3 is 2.52 bits per heavy atom. The maximum Gasteiger partial charge on any atom is 0.257 e. The Morgan fingerprint density at radius 1 is 1.15 bits per heavy atom. The molecule has 1 aromatic carbocycles. The first-order chi connectivity index (χ1) is 12.7. The number of ether oxygens (including phenoxy) is 1. The highest BCUT2D eigenvalue weighted by Gasteiger charge is 2.26. The molecule has 1 atom stereocenters. The van der Waals surface area contributed by atoms with Gasteiger partial charge in [0.1, 0.15) is 5.75 Å². The van der Waals surface area contributed by atoms with E-state index in [-0.39, 0.29) is 24.2 Å². The van der Waals surface area contributed by atoms with E-state index < -0.39 is 0 Å². The molecule has 0 aliphatic carbocycles. The SMILES string of the molecule is CCOc1ccccc1C(=O)N1CCN(C(=O)CCC2CCNC2)CC1.Cl. The summed E-state index contributed by atoms with van der Waals surface area (Å²) in [4.78, 5) is 29.0. The van der Waals surface area contributed by atoms with Crippen LogP contribution in [-0.4, -0.2) is 67.5 Å². The fourth-order valence-corrected chi connectivity index (χ4v) is 3.70. The van der Waals surface area contributed by atoms with E-state index >= 15 is 0 Å². The van der Waals surface area contributed by atoms with Gasteiger partial charge in [0.15, 0.2) is 0 Å². The minimum atomic E-state index is -0.0156. The highest BCUT2D eigenvalue weighted by atomic mass is 35.5. The first-order valence-corrected chi connectivity index (χ1v) is 9.68. The van der Waals surface area contributed by atoms with Crippen molar-refractivity contribution in [2.45, 2.75) is 26.2 Å². The summed E-state index contributed by atoms with van der Waals surface area (Å²) in [5.41, 5.74) is 0.600. The maximum atomic E-state index is 12.8. The van der Waals surface area contributed by atoms with Crippen LogP contribution in [0.2, 0.25) is 0 Å². The number of hydrogen-bond donors (Lipinski definition) is 1. The molecule has 0 aromatic heterocycles. The van der Waals surface area contributed by atoms with Crippen molar-refractivity contribution in [2.24, 2.45) is 5.92 Å². The lowest BCUT2D eigenvalue weighted by Crippen LogP contribution is -2.50. The van der Waals surface area contributed by atoms with Crippen molar-refractivity contribution in [1.82, 2.24) is 15.1 Å². The molecule has 3 rings (SSSR count). The third kappa shape index (κ3) is 5.59. The van der Waals surface area contributed by atoms with Gasteiger partial charge in [0.25, 0.3) is 5.91 Å². The van der Waals surface area contributed by atoms with Gasteiger partial charge < -0.3 is 19.9 Å². The molecule has 2 heterocycles. The smallest absolute Gasteiger partial charge is 0.257 e. The molecule has 0 saturated carbocycles. The zero-order chi connectivity index (χ0) is 18.4. The molecule has 1 unspecified atom stereocenters. The third-order valence-electron chi connectivity index (χ3n) is 5.27. The molecule has 1 aromatic rings. The van der Waals surface area contributed by atoms with Crippen LogP contribution < -0.4 is 10.1 Å². The fraction of sp³-hybridized carbons (Fsp3) is 0.600. The number of nitrogens with one attached hydrogen (secondary N) is 1. The largest absolute Gasteiger partial charge is 0.493 e. The molecule has 1 N–H and O–H groups in total. The Bertz CT molecular complexity index is 627. The van der Waals surface area contributed by atoms with E-state index in [9.17, 15) is 9.59 Å². The van der Waals surface area contributed by atoms with Gasteiger partial charge in [-0.25, -0.2) is 0 Å². The van der Waals surface area contributed by atoms with E-state index in [1.54, 1.807) is 6.07 Å². The number of benzene rings is 1. The average molecular weight is 396 g/mol. The molecule has 150 valence electrons.